The number of thioether (sulfide) groups is 1. The maximum Gasteiger partial charge on any atom is 0.270 e. The Labute approximate surface area is 209 Å². The zero-order valence-electron chi connectivity index (χ0n) is 17.8. The minimum atomic E-state index is -0.180. The molecule has 0 aliphatic carbocycles. The second-order valence-corrected chi connectivity index (χ2v) is 9.39. The number of amides is 1. The van der Waals surface area contributed by atoms with E-state index in [1.165, 1.54) is 16.7 Å². The average molecular weight is 543 g/mol. The Morgan fingerprint density at radius 1 is 1.12 bits per heavy atom. The van der Waals surface area contributed by atoms with Gasteiger partial charge in [-0.1, -0.05) is 30.0 Å². The summed E-state index contributed by atoms with van der Waals surface area (Å²) in [5, 5.41) is 0. The minimum Gasteiger partial charge on any atom is -0.497 e. The fourth-order valence-corrected chi connectivity index (χ4v) is 5.04. The number of carbonyl (C=O) groups excluding carboxylic acids is 1. The van der Waals surface area contributed by atoms with Crippen molar-refractivity contribution in [3.05, 3.63) is 81.4 Å². The Kier molecular flexibility index (Phi) is 7.32. The van der Waals surface area contributed by atoms with Gasteiger partial charge in [-0.25, -0.2) is 0 Å². The largest absolute Gasteiger partial charge is 0.497 e. The van der Waals surface area contributed by atoms with Crippen molar-refractivity contribution in [2.24, 2.45) is 0 Å². The number of anilines is 1. The van der Waals surface area contributed by atoms with E-state index in [1.807, 2.05) is 30.3 Å². The van der Waals surface area contributed by atoms with Gasteiger partial charge in [-0.3, -0.25) is 14.7 Å². The van der Waals surface area contributed by atoms with E-state index in [9.17, 15) is 4.79 Å². The molecule has 33 heavy (non-hydrogen) atoms. The summed E-state index contributed by atoms with van der Waals surface area (Å²) in [5.41, 5.74) is 2.27. The van der Waals surface area contributed by atoms with Crippen LogP contribution in [-0.2, 0) is 11.4 Å². The highest BCUT2D eigenvalue weighted by molar-refractivity contribution is 9.10. The van der Waals surface area contributed by atoms with Gasteiger partial charge < -0.3 is 14.2 Å². The van der Waals surface area contributed by atoms with Crippen LogP contribution in [0.3, 0.4) is 0 Å². The first kappa shape index (κ1) is 23.3. The summed E-state index contributed by atoms with van der Waals surface area (Å²) < 4.78 is 17.8. The molecule has 4 rings (SSSR count). The fourth-order valence-electron chi connectivity index (χ4n) is 3.17. The van der Waals surface area contributed by atoms with E-state index in [2.05, 4.69) is 20.9 Å². The summed E-state index contributed by atoms with van der Waals surface area (Å²) in [6.07, 6.45) is 3.51. The molecule has 168 valence electrons. The molecule has 0 saturated carbocycles. The molecule has 0 atom stereocenters. The predicted molar refractivity (Wildman–Crippen MR) is 138 cm³/mol. The molecule has 0 bridgehead atoms. The van der Waals surface area contributed by atoms with Crippen LogP contribution in [-0.4, -0.2) is 29.4 Å². The van der Waals surface area contributed by atoms with Crippen LogP contribution in [0.5, 0.6) is 17.2 Å². The lowest BCUT2D eigenvalue weighted by molar-refractivity contribution is -0.113. The van der Waals surface area contributed by atoms with Crippen molar-refractivity contribution in [3.63, 3.8) is 0 Å². The number of aromatic nitrogens is 1. The second kappa shape index (κ2) is 10.4. The van der Waals surface area contributed by atoms with E-state index in [1.54, 1.807) is 50.8 Å². The van der Waals surface area contributed by atoms with Gasteiger partial charge in [0.05, 0.1) is 35.0 Å². The van der Waals surface area contributed by atoms with E-state index in [4.69, 9.17) is 26.4 Å². The number of nitrogens with zero attached hydrogens (tertiary/aromatic N) is 2. The molecule has 2 aromatic carbocycles. The maximum absolute atomic E-state index is 13.1. The van der Waals surface area contributed by atoms with Crippen molar-refractivity contribution in [2.75, 3.05) is 19.1 Å². The number of methoxy groups -OCH3 is 2. The lowest BCUT2D eigenvalue weighted by atomic mass is 10.1. The van der Waals surface area contributed by atoms with Crippen LogP contribution in [0.1, 0.15) is 11.3 Å². The Morgan fingerprint density at radius 3 is 2.58 bits per heavy atom. The highest BCUT2D eigenvalue weighted by Crippen LogP contribution is 2.40. The second-order valence-electron chi connectivity index (χ2n) is 6.86. The molecule has 0 spiro atoms. The van der Waals surface area contributed by atoms with E-state index in [0.29, 0.717) is 43.2 Å². The lowest BCUT2D eigenvalue weighted by Gasteiger charge is -2.15. The summed E-state index contributed by atoms with van der Waals surface area (Å²) in [7, 11) is 3.17. The van der Waals surface area contributed by atoms with Crippen LogP contribution in [0.2, 0.25) is 0 Å². The first-order chi connectivity index (χ1) is 16.0. The third-order valence-corrected chi connectivity index (χ3v) is 6.66. The number of benzene rings is 2. The Bertz CT molecular complexity index is 1220. The van der Waals surface area contributed by atoms with Crippen molar-refractivity contribution < 1.29 is 19.0 Å². The number of pyridine rings is 1. The molecular weight excluding hydrogens is 524 g/mol. The summed E-state index contributed by atoms with van der Waals surface area (Å²) in [4.78, 5) is 19.4. The van der Waals surface area contributed by atoms with Crippen LogP contribution in [0.4, 0.5) is 5.69 Å². The maximum atomic E-state index is 13.1. The summed E-state index contributed by atoms with van der Waals surface area (Å²) in [6, 6.07) is 16.5. The van der Waals surface area contributed by atoms with Gasteiger partial charge in [-0.15, -0.1) is 0 Å². The van der Waals surface area contributed by atoms with Crippen molar-refractivity contribution >= 4 is 61.9 Å². The van der Waals surface area contributed by atoms with Gasteiger partial charge in [-0.2, -0.15) is 0 Å². The molecule has 0 N–H and O–H groups in total. The van der Waals surface area contributed by atoms with Crippen LogP contribution in [0, 0.1) is 0 Å². The topological polar surface area (TPSA) is 60.9 Å². The summed E-state index contributed by atoms with van der Waals surface area (Å²) in [5.74, 6) is 1.63. The molecular formula is C24H19BrN2O4S2. The number of thiocarbonyl (C=S) groups is 1. The molecule has 0 unspecified atom stereocenters. The van der Waals surface area contributed by atoms with Gasteiger partial charge >= 0.3 is 0 Å². The molecule has 6 nitrogen and oxygen atoms in total. The molecule has 0 radical (unpaired) electrons. The highest BCUT2D eigenvalue weighted by Gasteiger charge is 2.33. The predicted octanol–water partition coefficient (Wildman–Crippen LogP) is 5.85. The van der Waals surface area contributed by atoms with Crippen molar-refractivity contribution in [3.8, 4) is 17.2 Å². The first-order valence-electron chi connectivity index (χ1n) is 9.82. The van der Waals surface area contributed by atoms with Crippen molar-refractivity contribution in [2.45, 2.75) is 6.61 Å². The van der Waals surface area contributed by atoms with Gasteiger partial charge in [0.25, 0.3) is 5.91 Å². The van der Waals surface area contributed by atoms with Crippen LogP contribution >= 0.6 is 39.9 Å². The summed E-state index contributed by atoms with van der Waals surface area (Å²) in [6.45, 7) is 0.301. The van der Waals surface area contributed by atoms with Crippen LogP contribution < -0.4 is 19.1 Å². The number of ether oxygens (including phenoxy) is 3. The van der Waals surface area contributed by atoms with Crippen molar-refractivity contribution in [1.82, 2.24) is 4.98 Å². The molecule has 1 aliphatic rings. The van der Waals surface area contributed by atoms with Gasteiger partial charge in [0.2, 0.25) is 0 Å². The molecule has 1 amide bonds. The average Bonchev–Trinajstić information content (AvgIpc) is 3.11. The van der Waals surface area contributed by atoms with Crippen LogP contribution in [0.15, 0.2) is 70.2 Å². The van der Waals surface area contributed by atoms with Gasteiger partial charge in [0, 0.05) is 6.20 Å². The summed E-state index contributed by atoms with van der Waals surface area (Å²) >= 11 is 10.3. The zero-order valence-corrected chi connectivity index (χ0v) is 21.0. The monoisotopic (exact) mass is 542 g/mol. The first-order valence-corrected chi connectivity index (χ1v) is 11.8. The molecule has 1 aliphatic heterocycles. The molecule has 1 saturated heterocycles. The fraction of sp³-hybridized carbons (Fsp3) is 0.125. The number of hydrogen-bond acceptors (Lipinski definition) is 7. The minimum absolute atomic E-state index is 0.180. The number of hydrogen-bond donors (Lipinski definition) is 0. The Hall–Kier alpha value is -2.88. The number of rotatable bonds is 7. The van der Waals surface area contributed by atoms with E-state index in [0.717, 1.165) is 11.3 Å². The van der Waals surface area contributed by atoms with Gasteiger partial charge in [0.1, 0.15) is 12.4 Å². The standard InChI is InChI=1S/C24H19BrN2O4S2/c1-29-18-8-6-17(7-9-18)27-23(28)21(33-24(27)32)13-15-11-19(25)22(20(12-15)30-2)31-14-16-5-3-4-10-26-16/h3-13H,14H2,1-2H3/b21-13-. The van der Waals surface area contributed by atoms with E-state index >= 15 is 0 Å². The quantitative estimate of drug-likeness (QED) is 0.274. The molecule has 1 aromatic heterocycles. The normalized spacial score (nSPS) is 14.6. The smallest absolute Gasteiger partial charge is 0.270 e. The zero-order chi connectivity index (χ0) is 23.4. The molecule has 2 heterocycles. The Balaban J connectivity index is 1.57. The van der Waals surface area contributed by atoms with Crippen molar-refractivity contribution in [1.29, 1.82) is 0 Å². The van der Waals surface area contributed by atoms with Gasteiger partial charge in [0.15, 0.2) is 15.8 Å². The molecule has 3 aromatic rings. The number of halogens is 1. The lowest BCUT2D eigenvalue weighted by Crippen LogP contribution is -2.27. The molecule has 9 heteroatoms. The molecule has 1 fully saturated rings. The highest BCUT2D eigenvalue weighted by atomic mass is 79.9. The van der Waals surface area contributed by atoms with E-state index in [-0.39, 0.29) is 5.91 Å². The van der Waals surface area contributed by atoms with Gasteiger partial charge in [-0.05, 0) is 76.1 Å². The third-order valence-electron chi connectivity index (χ3n) is 4.76. The Morgan fingerprint density at radius 2 is 1.91 bits per heavy atom. The van der Waals surface area contributed by atoms with Crippen LogP contribution in [0.25, 0.3) is 6.08 Å². The SMILES string of the molecule is COc1ccc(N2C(=O)/C(=C/c3cc(Br)c(OCc4ccccn4)c(OC)c3)SC2=S)cc1. The third kappa shape index (κ3) is 5.21. The van der Waals surface area contributed by atoms with E-state index < -0.39 is 0 Å². The number of carbonyl (C=O) groups is 1.